The van der Waals surface area contributed by atoms with Gasteiger partial charge in [-0.15, -0.1) is 0 Å². The van der Waals surface area contributed by atoms with E-state index in [0.717, 1.165) is 81.8 Å². The molecule has 0 bridgehead atoms. The number of morpholine rings is 2. The first-order chi connectivity index (χ1) is 16.8. The molecule has 9 heteroatoms. The first-order valence-corrected chi connectivity index (χ1v) is 12.1. The molecule has 1 aromatic carbocycles. The van der Waals surface area contributed by atoms with Crippen molar-refractivity contribution in [3.05, 3.63) is 41.1 Å². The van der Waals surface area contributed by atoms with Crippen molar-refractivity contribution < 1.29 is 18.9 Å². The second-order valence-corrected chi connectivity index (χ2v) is 8.69. The van der Waals surface area contributed by atoms with Gasteiger partial charge in [-0.2, -0.15) is 9.97 Å². The second-order valence-electron chi connectivity index (χ2n) is 8.69. The molecule has 3 aliphatic rings. The highest BCUT2D eigenvalue weighted by molar-refractivity contribution is 6.04. The Labute approximate surface area is 200 Å². The van der Waals surface area contributed by atoms with E-state index in [1.54, 1.807) is 7.11 Å². The van der Waals surface area contributed by atoms with Crippen LogP contribution in [0.2, 0.25) is 0 Å². The lowest BCUT2D eigenvalue weighted by Gasteiger charge is -2.28. The van der Waals surface area contributed by atoms with Gasteiger partial charge in [0.2, 0.25) is 0 Å². The van der Waals surface area contributed by atoms with Gasteiger partial charge in [0.15, 0.2) is 0 Å². The molecular formula is C25H33N5O4. The van der Waals surface area contributed by atoms with Crippen molar-refractivity contribution in [2.45, 2.75) is 19.4 Å². The molecule has 2 aromatic rings. The standard InChI is InChI=1S/C25H33N5O4/c1-31-21-3-4-22-19(16-21)2-5-23(22)26-18-20-17-24(30-9-13-33-14-10-30)28-25(27-20)34-15-8-29-6-11-32-12-7-29/h3-4,16-17H,2,5-15,18H2,1H3. The van der Waals surface area contributed by atoms with Gasteiger partial charge >= 0.3 is 6.01 Å². The molecule has 2 fully saturated rings. The van der Waals surface area contributed by atoms with Gasteiger partial charge in [0.25, 0.3) is 0 Å². The van der Waals surface area contributed by atoms with Gasteiger partial charge < -0.3 is 23.8 Å². The van der Waals surface area contributed by atoms with Gasteiger partial charge in [-0.25, -0.2) is 0 Å². The molecule has 2 saturated heterocycles. The Balaban J connectivity index is 1.30. The number of anilines is 1. The number of methoxy groups -OCH3 is 1. The summed E-state index contributed by atoms with van der Waals surface area (Å²) < 4.78 is 22.3. The summed E-state index contributed by atoms with van der Waals surface area (Å²) in [7, 11) is 1.70. The van der Waals surface area contributed by atoms with Crippen molar-refractivity contribution in [3.8, 4) is 11.8 Å². The van der Waals surface area contributed by atoms with Crippen molar-refractivity contribution in [2.24, 2.45) is 4.99 Å². The fourth-order valence-corrected chi connectivity index (χ4v) is 4.56. The Morgan fingerprint density at radius 2 is 1.76 bits per heavy atom. The monoisotopic (exact) mass is 467 g/mol. The number of nitrogens with zero attached hydrogens (tertiary/aromatic N) is 5. The second kappa shape index (κ2) is 11.1. The molecule has 9 nitrogen and oxygen atoms in total. The first-order valence-electron chi connectivity index (χ1n) is 12.1. The number of ether oxygens (including phenoxy) is 4. The van der Waals surface area contributed by atoms with Crippen LogP contribution in [0.3, 0.4) is 0 Å². The zero-order valence-corrected chi connectivity index (χ0v) is 19.9. The summed E-state index contributed by atoms with van der Waals surface area (Å²) in [5, 5.41) is 0. The van der Waals surface area contributed by atoms with Crippen LogP contribution in [0.4, 0.5) is 5.82 Å². The number of rotatable bonds is 8. The fraction of sp³-hybridized carbons (Fsp3) is 0.560. The molecule has 0 unspecified atom stereocenters. The molecule has 0 atom stereocenters. The van der Waals surface area contributed by atoms with Gasteiger partial charge in [0.1, 0.15) is 18.2 Å². The van der Waals surface area contributed by atoms with Crippen LogP contribution in [0.5, 0.6) is 11.8 Å². The molecule has 0 radical (unpaired) electrons. The highest BCUT2D eigenvalue weighted by Gasteiger charge is 2.19. The van der Waals surface area contributed by atoms with E-state index >= 15 is 0 Å². The zero-order valence-electron chi connectivity index (χ0n) is 19.9. The summed E-state index contributed by atoms with van der Waals surface area (Å²) >= 11 is 0. The summed E-state index contributed by atoms with van der Waals surface area (Å²) in [6.07, 6.45) is 1.93. The maximum absolute atomic E-state index is 6.01. The van der Waals surface area contributed by atoms with E-state index < -0.39 is 0 Å². The highest BCUT2D eigenvalue weighted by atomic mass is 16.5. The molecule has 0 saturated carbocycles. The SMILES string of the molecule is COc1ccc2c(c1)CCC2=NCc1cc(N2CCOCC2)nc(OCCN2CCOCC2)n1. The molecule has 0 amide bonds. The van der Waals surface area contributed by atoms with Crippen LogP contribution in [0, 0.1) is 0 Å². The summed E-state index contributed by atoms with van der Waals surface area (Å²) in [6.45, 7) is 8.36. The molecule has 5 rings (SSSR count). The Hall–Kier alpha value is -2.75. The number of benzene rings is 1. The van der Waals surface area contributed by atoms with Gasteiger partial charge in [0, 0.05) is 44.5 Å². The average molecular weight is 468 g/mol. The predicted octanol–water partition coefficient (Wildman–Crippen LogP) is 1.97. The minimum atomic E-state index is 0.420. The zero-order chi connectivity index (χ0) is 23.2. The van der Waals surface area contributed by atoms with Crippen molar-refractivity contribution in [1.29, 1.82) is 0 Å². The smallest absolute Gasteiger partial charge is 0.318 e. The van der Waals surface area contributed by atoms with Gasteiger partial charge in [-0.05, 0) is 42.2 Å². The van der Waals surface area contributed by atoms with Gasteiger partial charge in [-0.3, -0.25) is 9.89 Å². The topological polar surface area (TPSA) is 81.5 Å². The Kier molecular flexibility index (Phi) is 7.52. The van der Waals surface area contributed by atoms with Gasteiger partial charge in [0.05, 0.1) is 45.8 Å². The van der Waals surface area contributed by atoms with E-state index in [1.807, 2.05) is 12.1 Å². The predicted molar refractivity (Wildman–Crippen MR) is 129 cm³/mol. The molecule has 3 heterocycles. The molecule has 34 heavy (non-hydrogen) atoms. The number of aryl methyl sites for hydroxylation is 1. The summed E-state index contributed by atoms with van der Waals surface area (Å²) in [4.78, 5) is 18.9. The maximum Gasteiger partial charge on any atom is 0.318 e. The quantitative estimate of drug-likeness (QED) is 0.583. The lowest BCUT2D eigenvalue weighted by molar-refractivity contribution is 0.0317. The first kappa shape index (κ1) is 23.0. The van der Waals surface area contributed by atoms with Crippen molar-refractivity contribution in [3.63, 3.8) is 0 Å². The van der Waals surface area contributed by atoms with Crippen LogP contribution < -0.4 is 14.4 Å². The average Bonchev–Trinajstić information content (AvgIpc) is 3.30. The highest BCUT2D eigenvalue weighted by Crippen LogP contribution is 2.27. The van der Waals surface area contributed by atoms with E-state index in [-0.39, 0.29) is 0 Å². The molecule has 0 spiro atoms. The van der Waals surface area contributed by atoms with Crippen LogP contribution in [-0.4, -0.2) is 93.4 Å². The van der Waals surface area contributed by atoms with Gasteiger partial charge in [-0.1, -0.05) is 0 Å². The third-order valence-corrected chi connectivity index (χ3v) is 6.51. The Bertz CT molecular complexity index is 1000. The number of aromatic nitrogens is 2. The molecule has 182 valence electrons. The van der Waals surface area contributed by atoms with Crippen LogP contribution in [0.15, 0.2) is 29.3 Å². The Morgan fingerprint density at radius 1 is 0.971 bits per heavy atom. The lowest BCUT2D eigenvalue weighted by Crippen LogP contribution is -2.39. The molecule has 1 aliphatic carbocycles. The van der Waals surface area contributed by atoms with E-state index in [9.17, 15) is 0 Å². The third kappa shape index (κ3) is 5.65. The third-order valence-electron chi connectivity index (χ3n) is 6.51. The molecule has 0 N–H and O–H groups in total. The molecule has 2 aliphatic heterocycles. The van der Waals surface area contributed by atoms with Crippen molar-refractivity contribution >= 4 is 11.5 Å². The largest absolute Gasteiger partial charge is 0.497 e. The van der Waals surface area contributed by atoms with Crippen LogP contribution >= 0.6 is 0 Å². The molecular weight excluding hydrogens is 434 g/mol. The lowest BCUT2D eigenvalue weighted by atomic mass is 10.1. The van der Waals surface area contributed by atoms with Crippen LogP contribution in [-0.2, 0) is 22.4 Å². The van der Waals surface area contributed by atoms with E-state index in [1.165, 1.54) is 11.1 Å². The maximum atomic E-state index is 6.01. The Morgan fingerprint density at radius 3 is 2.56 bits per heavy atom. The minimum absolute atomic E-state index is 0.420. The van der Waals surface area contributed by atoms with Crippen molar-refractivity contribution in [1.82, 2.24) is 14.9 Å². The summed E-state index contributed by atoms with van der Waals surface area (Å²) in [5.74, 6) is 1.77. The summed E-state index contributed by atoms with van der Waals surface area (Å²) in [5.41, 5.74) is 4.50. The normalized spacial score (nSPS) is 19.9. The number of fused-ring (bicyclic) bond motifs is 1. The van der Waals surface area contributed by atoms with E-state index in [4.69, 9.17) is 33.9 Å². The minimum Gasteiger partial charge on any atom is -0.497 e. The number of hydrogen-bond donors (Lipinski definition) is 0. The summed E-state index contributed by atoms with van der Waals surface area (Å²) in [6, 6.07) is 8.68. The fourth-order valence-electron chi connectivity index (χ4n) is 4.56. The van der Waals surface area contributed by atoms with Crippen molar-refractivity contribution in [2.75, 3.05) is 77.8 Å². The van der Waals surface area contributed by atoms with E-state index in [0.29, 0.717) is 32.4 Å². The number of aliphatic imine (C=N–C) groups is 1. The van der Waals surface area contributed by atoms with E-state index in [2.05, 4.69) is 21.9 Å². The molecule has 1 aromatic heterocycles. The number of hydrogen-bond acceptors (Lipinski definition) is 9. The van der Waals surface area contributed by atoms with Crippen LogP contribution in [0.25, 0.3) is 0 Å². The van der Waals surface area contributed by atoms with Crippen LogP contribution in [0.1, 0.15) is 23.2 Å².